The minimum atomic E-state index is -0.336. The van der Waals surface area contributed by atoms with Crippen molar-refractivity contribution < 1.29 is 4.79 Å². The standard InChI is InChI=1S/C22H24N6O/c1-14(23)13-16-9-12-21(26-22(29)15(2)24-3)25-18(16)10-11-19-17-7-5-6-8-20(17)28(4)27-19/h5-9,12-13,15,24H,23H2,1-4H3,(H,25,26,29)/b14-13+. The summed E-state index contributed by atoms with van der Waals surface area (Å²) in [6, 6.07) is 11.1. The Morgan fingerprint density at radius 3 is 2.66 bits per heavy atom. The van der Waals surface area contributed by atoms with Crippen molar-refractivity contribution in [1.82, 2.24) is 20.1 Å². The molecule has 3 aromatic rings. The van der Waals surface area contributed by atoms with Crippen LogP contribution < -0.4 is 16.4 Å². The zero-order valence-corrected chi connectivity index (χ0v) is 16.9. The Morgan fingerprint density at radius 1 is 1.21 bits per heavy atom. The molecular weight excluding hydrogens is 364 g/mol. The van der Waals surface area contributed by atoms with Gasteiger partial charge in [0.2, 0.25) is 5.91 Å². The van der Waals surface area contributed by atoms with E-state index < -0.39 is 0 Å². The molecule has 0 aliphatic heterocycles. The summed E-state index contributed by atoms with van der Waals surface area (Å²) in [5.41, 5.74) is 9.45. The van der Waals surface area contributed by atoms with Crippen molar-refractivity contribution >= 4 is 28.7 Å². The van der Waals surface area contributed by atoms with Crippen molar-refractivity contribution in [2.24, 2.45) is 12.8 Å². The van der Waals surface area contributed by atoms with Gasteiger partial charge < -0.3 is 16.4 Å². The molecule has 0 saturated carbocycles. The normalized spacial score (nSPS) is 12.3. The lowest BCUT2D eigenvalue weighted by molar-refractivity contribution is -0.117. The molecule has 1 amide bonds. The van der Waals surface area contributed by atoms with Gasteiger partial charge in [-0.2, -0.15) is 5.10 Å². The molecule has 4 N–H and O–H groups in total. The zero-order chi connectivity index (χ0) is 21.0. The fraction of sp³-hybridized carbons (Fsp3) is 0.227. The third kappa shape index (κ3) is 4.62. The highest BCUT2D eigenvalue weighted by atomic mass is 16.2. The molecule has 29 heavy (non-hydrogen) atoms. The molecule has 0 aliphatic rings. The van der Waals surface area contributed by atoms with Crippen molar-refractivity contribution in [2.45, 2.75) is 19.9 Å². The molecule has 0 bridgehead atoms. The number of hydrogen-bond acceptors (Lipinski definition) is 5. The number of rotatable bonds is 4. The van der Waals surface area contributed by atoms with E-state index in [2.05, 4.69) is 32.6 Å². The van der Waals surface area contributed by atoms with Crippen molar-refractivity contribution in [2.75, 3.05) is 12.4 Å². The summed E-state index contributed by atoms with van der Waals surface area (Å²) >= 11 is 0. The van der Waals surface area contributed by atoms with E-state index >= 15 is 0 Å². The Kier molecular flexibility index (Phi) is 5.96. The monoisotopic (exact) mass is 388 g/mol. The molecular formula is C22H24N6O. The molecule has 0 aliphatic carbocycles. The average Bonchev–Trinajstić information content (AvgIpc) is 3.03. The predicted molar refractivity (Wildman–Crippen MR) is 116 cm³/mol. The van der Waals surface area contributed by atoms with Gasteiger partial charge in [0.1, 0.15) is 17.2 Å². The van der Waals surface area contributed by atoms with Crippen LogP contribution in [0.25, 0.3) is 17.0 Å². The summed E-state index contributed by atoms with van der Waals surface area (Å²) in [5, 5.41) is 11.2. The topological polar surface area (TPSA) is 97.9 Å². The number of carbonyl (C=O) groups is 1. The van der Waals surface area contributed by atoms with Crippen LogP contribution in [0.4, 0.5) is 5.82 Å². The number of fused-ring (bicyclic) bond motifs is 1. The first kappa shape index (κ1) is 20.1. The third-order valence-corrected chi connectivity index (χ3v) is 4.44. The number of nitrogens with one attached hydrogen (secondary N) is 2. The fourth-order valence-electron chi connectivity index (χ4n) is 2.79. The van der Waals surface area contributed by atoms with Gasteiger partial charge in [0.25, 0.3) is 0 Å². The van der Waals surface area contributed by atoms with Gasteiger partial charge in [0.15, 0.2) is 0 Å². The van der Waals surface area contributed by atoms with Crippen LogP contribution in [0.3, 0.4) is 0 Å². The van der Waals surface area contributed by atoms with Gasteiger partial charge in [-0.3, -0.25) is 9.48 Å². The molecule has 0 fully saturated rings. The Bertz CT molecular complexity index is 1150. The van der Waals surface area contributed by atoms with Crippen LogP contribution >= 0.6 is 0 Å². The lowest BCUT2D eigenvalue weighted by Gasteiger charge is -2.11. The van der Waals surface area contributed by atoms with E-state index in [0.29, 0.717) is 22.9 Å². The van der Waals surface area contributed by atoms with Crippen LogP contribution in [0, 0.1) is 11.8 Å². The summed E-state index contributed by atoms with van der Waals surface area (Å²) in [5.74, 6) is 6.46. The van der Waals surface area contributed by atoms with E-state index in [9.17, 15) is 4.79 Å². The van der Waals surface area contributed by atoms with Crippen LogP contribution in [0.15, 0.2) is 42.1 Å². The van der Waals surface area contributed by atoms with E-state index in [0.717, 1.165) is 16.5 Å². The Labute approximate surface area is 170 Å². The zero-order valence-electron chi connectivity index (χ0n) is 16.9. The maximum Gasteiger partial charge on any atom is 0.242 e. The number of anilines is 1. The number of nitrogens with zero attached hydrogens (tertiary/aromatic N) is 3. The first-order valence-corrected chi connectivity index (χ1v) is 9.25. The van der Waals surface area contributed by atoms with E-state index in [1.54, 1.807) is 37.7 Å². The number of amides is 1. The number of carbonyl (C=O) groups excluding carboxylic acids is 1. The van der Waals surface area contributed by atoms with Crippen molar-refractivity contribution in [3.63, 3.8) is 0 Å². The maximum absolute atomic E-state index is 12.2. The molecule has 1 aromatic carbocycles. The van der Waals surface area contributed by atoms with E-state index in [-0.39, 0.29) is 11.9 Å². The molecule has 1 unspecified atom stereocenters. The smallest absolute Gasteiger partial charge is 0.242 e. The number of nitrogens with two attached hydrogens (primary N) is 1. The van der Waals surface area contributed by atoms with E-state index in [1.165, 1.54) is 0 Å². The first-order valence-electron chi connectivity index (χ1n) is 9.25. The molecule has 1 atom stereocenters. The Balaban J connectivity index is 2.02. The van der Waals surface area contributed by atoms with Gasteiger partial charge in [0.05, 0.1) is 11.6 Å². The largest absolute Gasteiger partial charge is 0.402 e. The number of aryl methyl sites for hydroxylation is 1. The molecule has 7 heteroatoms. The van der Waals surface area contributed by atoms with Crippen LogP contribution in [0.5, 0.6) is 0 Å². The summed E-state index contributed by atoms with van der Waals surface area (Å²) in [6.45, 7) is 3.57. The molecule has 148 valence electrons. The van der Waals surface area contributed by atoms with Crippen LogP contribution in [0.1, 0.15) is 30.8 Å². The van der Waals surface area contributed by atoms with Crippen LogP contribution in [0.2, 0.25) is 0 Å². The van der Waals surface area contributed by atoms with Gasteiger partial charge in [-0.1, -0.05) is 12.1 Å². The third-order valence-electron chi connectivity index (χ3n) is 4.44. The lowest BCUT2D eigenvalue weighted by atomic mass is 10.1. The Hall–Kier alpha value is -3.63. The van der Waals surface area contributed by atoms with Gasteiger partial charge in [0, 0.05) is 23.7 Å². The van der Waals surface area contributed by atoms with Crippen molar-refractivity contribution in [3.8, 4) is 11.8 Å². The van der Waals surface area contributed by atoms with E-state index in [4.69, 9.17) is 5.73 Å². The highest BCUT2D eigenvalue weighted by molar-refractivity contribution is 5.93. The van der Waals surface area contributed by atoms with Crippen LogP contribution in [-0.2, 0) is 11.8 Å². The highest BCUT2D eigenvalue weighted by Crippen LogP contribution is 2.18. The van der Waals surface area contributed by atoms with E-state index in [1.807, 2.05) is 37.4 Å². The fourth-order valence-corrected chi connectivity index (χ4v) is 2.79. The van der Waals surface area contributed by atoms with Crippen molar-refractivity contribution in [3.05, 3.63) is 59.0 Å². The number of likely N-dealkylation sites (N-methyl/N-ethyl adjacent to an activating group) is 1. The number of pyridine rings is 1. The SMILES string of the molecule is CNC(C)C(=O)Nc1ccc(/C=C(\C)N)c(C#Cc2nn(C)c3ccccc23)n1. The molecule has 7 nitrogen and oxygen atoms in total. The highest BCUT2D eigenvalue weighted by Gasteiger charge is 2.12. The summed E-state index contributed by atoms with van der Waals surface area (Å²) in [4.78, 5) is 16.7. The number of allylic oxidation sites excluding steroid dienone is 1. The van der Waals surface area contributed by atoms with Gasteiger partial charge in [-0.15, -0.1) is 0 Å². The predicted octanol–water partition coefficient (Wildman–Crippen LogP) is 2.23. The van der Waals surface area contributed by atoms with Crippen LogP contribution in [-0.4, -0.2) is 33.8 Å². The molecule has 2 heterocycles. The second-order valence-electron chi connectivity index (χ2n) is 6.76. The molecule has 0 radical (unpaired) electrons. The Morgan fingerprint density at radius 2 is 1.93 bits per heavy atom. The summed E-state index contributed by atoms with van der Waals surface area (Å²) in [6.07, 6.45) is 1.80. The number of hydrogen-bond donors (Lipinski definition) is 3. The first-order chi connectivity index (χ1) is 13.9. The quantitative estimate of drug-likeness (QED) is 0.596. The molecule has 0 spiro atoms. The number of para-hydroxylation sites is 1. The second kappa shape index (κ2) is 8.59. The number of aromatic nitrogens is 3. The molecule has 2 aromatic heterocycles. The minimum absolute atomic E-state index is 0.173. The van der Waals surface area contributed by atoms with Gasteiger partial charge in [-0.25, -0.2) is 4.98 Å². The summed E-state index contributed by atoms with van der Waals surface area (Å²) < 4.78 is 1.80. The average molecular weight is 388 g/mol. The van der Waals surface area contributed by atoms with Crippen molar-refractivity contribution in [1.29, 1.82) is 0 Å². The summed E-state index contributed by atoms with van der Waals surface area (Å²) in [7, 11) is 3.61. The maximum atomic E-state index is 12.2. The number of benzene rings is 1. The van der Waals surface area contributed by atoms with Gasteiger partial charge in [-0.05, 0) is 63.1 Å². The lowest BCUT2D eigenvalue weighted by Crippen LogP contribution is -2.35. The molecule has 0 saturated heterocycles. The van der Waals surface area contributed by atoms with Gasteiger partial charge >= 0.3 is 0 Å². The second-order valence-corrected chi connectivity index (χ2v) is 6.76. The molecule has 3 rings (SSSR count). The minimum Gasteiger partial charge on any atom is -0.402 e.